The summed E-state index contributed by atoms with van der Waals surface area (Å²) in [5.74, 6) is 1.92. The zero-order valence-corrected chi connectivity index (χ0v) is 10.9. The standard InChI is InChI=1S/C14H18N4/c1-9-4-6-12(7-5-9)10(2)16-14-8-13(15)17-11(3)18-14/h4-8,10H,1-3H3,(H3,15,16,17,18). The fourth-order valence-electron chi connectivity index (χ4n) is 1.83. The van der Waals surface area contributed by atoms with Crippen molar-refractivity contribution in [3.8, 4) is 0 Å². The molecule has 0 aliphatic rings. The van der Waals surface area contributed by atoms with Gasteiger partial charge in [0.1, 0.15) is 17.5 Å². The third-order valence-electron chi connectivity index (χ3n) is 2.80. The smallest absolute Gasteiger partial charge is 0.132 e. The van der Waals surface area contributed by atoms with E-state index < -0.39 is 0 Å². The van der Waals surface area contributed by atoms with Crippen molar-refractivity contribution in [3.63, 3.8) is 0 Å². The zero-order chi connectivity index (χ0) is 13.1. The Morgan fingerprint density at radius 1 is 1.11 bits per heavy atom. The maximum atomic E-state index is 5.70. The van der Waals surface area contributed by atoms with Gasteiger partial charge in [-0.25, -0.2) is 9.97 Å². The molecule has 0 amide bonds. The summed E-state index contributed by atoms with van der Waals surface area (Å²) in [6, 6.07) is 10.4. The number of nitrogens with one attached hydrogen (secondary N) is 1. The fourth-order valence-corrected chi connectivity index (χ4v) is 1.83. The lowest BCUT2D eigenvalue weighted by Crippen LogP contribution is -2.09. The van der Waals surface area contributed by atoms with Crippen LogP contribution < -0.4 is 11.1 Å². The van der Waals surface area contributed by atoms with Gasteiger partial charge < -0.3 is 11.1 Å². The molecule has 2 rings (SSSR count). The van der Waals surface area contributed by atoms with Crippen molar-refractivity contribution in [1.82, 2.24) is 9.97 Å². The largest absolute Gasteiger partial charge is 0.384 e. The SMILES string of the molecule is Cc1ccc(C(C)Nc2cc(N)nc(C)n2)cc1. The Morgan fingerprint density at radius 3 is 2.39 bits per heavy atom. The van der Waals surface area contributed by atoms with Gasteiger partial charge >= 0.3 is 0 Å². The zero-order valence-electron chi connectivity index (χ0n) is 10.9. The van der Waals surface area contributed by atoms with Crippen LogP contribution in [-0.2, 0) is 0 Å². The van der Waals surface area contributed by atoms with Crippen LogP contribution in [0, 0.1) is 13.8 Å². The Kier molecular flexibility index (Phi) is 3.46. The van der Waals surface area contributed by atoms with Gasteiger partial charge in [0, 0.05) is 12.1 Å². The monoisotopic (exact) mass is 242 g/mol. The fraction of sp³-hybridized carbons (Fsp3) is 0.286. The number of aromatic nitrogens is 2. The second-order valence-corrected chi connectivity index (χ2v) is 4.50. The van der Waals surface area contributed by atoms with E-state index in [2.05, 4.69) is 53.4 Å². The van der Waals surface area contributed by atoms with Crippen molar-refractivity contribution in [2.45, 2.75) is 26.8 Å². The Morgan fingerprint density at radius 2 is 1.78 bits per heavy atom. The van der Waals surface area contributed by atoms with Crippen LogP contribution in [0.5, 0.6) is 0 Å². The van der Waals surface area contributed by atoms with Gasteiger partial charge in [-0.2, -0.15) is 0 Å². The molecule has 18 heavy (non-hydrogen) atoms. The van der Waals surface area contributed by atoms with Gasteiger partial charge in [-0.1, -0.05) is 29.8 Å². The molecule has 4 heteroatoms. The molecule has 4 nitrogen and oxygen atoms in total. The first kappa shape index (κ1) is 12.4. The molecule has 94 valence electrons. The molecular formula is C14H18N4. The van der Waals surface area contributed by atoms with Crippen LogP contribution in [0.2, 0.25) is 0 Å². The molecule has 0 aliphatic carbocycles. The first-order valence-electron chi connectivity index (χ1n) is 5.99. The lowest BCUT2D eigenvalue weighted by Gasteiger charge is -2.15. The minimum Gasteiger partial charge on any atom is -0.384 e. The Bertz CT molecular complexity index is 514. The van der Waals surface area contributed by atoms with E-state index in [-0.39, 0.29) is 6.04 Å². The van der Waals surface area contributed by atoms with Crippen LogP contribution in [0.15, 0.2) is 30.3 Å². The van der Waals surface area contributed by atoms with Crippen LogP contribution >= 0.6 is 0 Å². The Labute approximate surface area is 107 Å². The van der Waals surface area contributed by atoms with E-state index in [0.717, 1.165) is 5.82 Å². The summed E-state index contributed by atoms with van der Waals surface area (Å²) in [5.41, 5.74) is 8.18. The van der Waals surface area contributed by atoms with Gasteiger partial charge in [0.15, 0.2) is 0 Å². The lowest BCUT2D eigenvalue weighted by atomic mass is 10.1. The number of anilines is 2. The van der Waals surface area contributed by atoms with Crippen molar-refractivity contribution in [1.29, 1.82) is 0 Å². The molecule has 0 saturated heterocycles. The maximum absolute atomic E-state index is 5.70. The third-order valence-corrected chi connectivity index (χ3v) is 2.80. The number of hydrogen-bond donors (Lipinski definition) is 2. The number of benzene rings is 1. The molecule has 1 unspecified atom stereocenters. The van der Waals surface area contributed by atoms with Crippen molar-refractivity contribution in [2.24, 2.45) is 0 Å². The average Bonchev–Trinajstić information content (AvgIpc) is 2.28. The topological polar surface area (TPSA) is 63.8 Å². The van der Waals surface area contributed by atoms with E-state index in [1.165, 1.54) is 11.1 Å². The van der Waals surface area contributed by atoms with Crippen LogP contribution in [0.1, 0.15) is 29.9 Å². The minimum atomic E-state index is 0.180. The molecule has 0 fully saturated rings. The van der Waals surface area contributed by atoms with Gasteiger partial charge in [0.2, 0.25) is 0 Å². The first-order chi connectivity index (χ1) is 8.54. The number of aryl methyl sites for hydroxylation is 2. The molecule has 3 N–H and O–H groups in total. The third kappa shape index (κ3) is 2.97. The number of rotatable bonds is 3. The highest BCUT2D eigenvalue weighted by Crippen LogP contribution is 2.19. The van der Waals surface area contributed by atoms with Gasteiger partial charge in [-0.15, -0.1) is 0 Å². The summed E-state index contributed by atoms with van der Waals surface area (Å²) in [5, 5.41) is 3.33. The summed E-state index contributed by atoms with van der Waals surface area (Å²) in [6.07, 6.45) is 0. The van der Waals surface area contributed by atoms with Crippen LogP contribution in [0.25, 0.3) is 0 Å². The average molecular weight is 242 g/mol. The van der Waals surface area contributed by atoms with Crippen molar-refractivity contribution in [3.05, 3.63) is 47.3 Å². The molecule has 0 radical (unpaired) electrons. The van der Waals surface area contributed by atoms with Crippen molar-refractivity contribution >= 4 is 11.6 Å². The predicted octanol–water partition coefficient (Wildman–Crippen LogP) is 2.85. The Balaban J connectivity index is 2.15. The number of nitrogens with zero attached hydrogens (tertiary/aromatic N) is 2. The van der Waals surface area contributed by atoms with Crippen molar-refractivity contribution < 1.29 is 0 Å². The second-order valence-electron chi connectivity index (χ2n) is 4.50. The van der Waals surface area contributed by atoms with Gasteiger partial charge in [-0.05, 0) is 26.3 Å². The number of hydrogen-bond acceptors (Lipinski definition) is 4. The molecule has 1 atom stereocenters. The molecular weight excluding hydrogens is 224 g/mol. The molecule has 0 bridgehead atoms. The molecule has 1 aromatic carbocycles. The van der Waals surface area contributed by atoms with E-state index in [1.807, 2.05) is 6.92 Å². The Hall–Kier alpha value is -2.10. The summed E-state index contributed by atoms with van der Waals surface area (Å²) < 4.78 is 0. The van der Waals surface area contributed by atoms with E-state index in [0.29, 0.717) is 11.6 Å². The van der Waals surface area contributed by atoms with Crippen molar-refractivity contribution in [2.75, 3.05) is 11.1 Å². The molecule has 0 spiro atoms. The second kappa shape index (κ2) is 5.04. The molecule has 0 aliphatic heterocycles. The predicted molar refractivity (Wildman–Crippen MR) is 74.4 cm³/mol. The molecule has 0 saturated carbocycles. The van der Waals surface area contributed by atoms with E-state index in [9.17, 15) is 0 Å². The quantitative estimate of drug-likeness (QED) is 0.868. The van der Waals surface area contributed by atoms with Crippen LogP contribution in [-0.4, -0.2) is 9.97 Å². The molecule has 1 heterocycles. The summed E-state index contributed by atoms with van der Waals surface area (Å²) in [7, 11) is 0. The summed E-state index contributed by atoms with van der Waals surface area (Å²) in [6.45, 7) is 6.01. The molecule has 1 aromatic heterocycles. The number of nitrogen functional groups attached to an aromatic ring is 1. The molecule has 2 aromatic rings. The first-order valence-corrected chi connectivity index (χ1v) is 5.99. The summed E-state index contributed by atoms with van der Waals surface area (Å²) in [4.78, 5) is 8.37. The summed E-state index contributed by atoms with van der Waals surface area (Å²) >= 11 is 0. The highest BCUT2D eigenvalue weighted by atomic mass is 15.1. The number of nitrogens with two attached hydrogens (primary N) is 1. The normalized spacial score (nSPS) is 12.2. The lowest BCUT2D eigenvalue weighted by molar-refractivity contribution is 0.867. The van der Waals surface area contributed by atoms with Gasteiger partial charge in [0.25, 0.3) is 0 Å². The van der Waals surface area contributed by atoms with Gasteiger partial charge in [-0.3, -0.25) is 0 Å². The van der Waals surface area contributed by atoms with E-state index in [1.54, 1.807) is 6.07 Å². The highest BCUT2D eigenvalue weighted by Gasteiger charge is 2.06. The van der Waals surface area contributed by atoms with Crippen LogP contribution in [0.4, 0.5) is 11.6 Å². The minimum absolute atomic E-state index is 0.180. The van der Waals surface area contributed by atoms with Gasteiger partial charge in [0.05, 0.1) is 0 Å². The van der Waals surface area contributed by atoms with E-state index >= 15 is 0 Å². The van der Waals surface area contributed by atoms with Crippen LogP contribution in [0.3, 0.4) is 0 Å². The highest BCUT2D eigenvalue weighted by molar-refractivity contribution is 5.46. The van der Waals surface area contributed by atoms with E-state index in [4.69, 9.17) is 5.73 Å². The maximum Gasteiger partial charge on any atom is 0.132 e.